The minimum absolute atomic E-state index is 0.0343. The lowest BCUT2D eigenvalue weighted by Gasteiger charge is -2.25. The average Bonchev–Trinajstić information content (AvgIpc) is 3.10. The Balaban J connectivity index is 1.68. The van der Waals surface area contributed by atoms with Crippen LogP contribution >= 0.6 is 11.6 Å². The molecule has 0 aliphatic carbocycles. The molecule has 3 aromatic rings. The molecule has 0 saturated carbocycles. The lowest BCUT2D eigenvalue weighted by molar-refractivity contribution is -0.132. The molecule has 1 atom stereocenters. The van der Waals surface area contributed by atoms with Crippen molar-refractivity contribution in [1.29, 1.82) is 0 Å². The van der Waals surface area contributed by atoms with E-state index in [-0.39, 0.29) is 18.5 Å². The Hall–Kier alpha value is -2.73. The molecule has 25 heavy (non-hydrogen) atoms. The van der Waals surface area contributed by atoms with Crippen molar-refractivity contribution in [3.63, 3.8) is 0 Å². The van der Waals surface area contributed by atoms with Crippen molar-refractivity contribution < 1.29 is 4.79 Å². The molecule has 128 valence electrons. The van der Waals surface area contributed by atoms with Crippen LogP contribution in [0.25, 0.3) is 11.4 Å². The van der Waals surface area contributed by atoms with Crippen molar-refractivity contribution in [3.8, 4) is 11.4 Å². The first-order valence-electron chi connectivity index (χ1n) is 7.89. The topological polar surface area (TPSA) is 63.9 Å². The van der Waals surface area contributed by atoms with E-state index in [1.165, 1.54) is 4.80 Å². The van der Waals surface area contributed by atoms with Crippen LogP contribution < -0.4 is 0 Å². The number of hydrogen-bond donors (Lipinski definition) is 0. The molecule has 7 heteroatoms. The van der Waals surface area contributed by atoms with Gasteiger partial charge in [-0.05, 0) is 42.0 Å². The van der Waals surface area contributed by atoms with Gasteiger partial charge in [0.05, 0.1) is 6.04 Å². The van der Waals surface area contributed by atoms with E-state index in [0.717, 1.165) is 11.1 Å². The molecular formula is C18H18ClN5O. The number of carbonyl (C=O) groups is 1. The van der Waals surface area contributed by atoms with Crippen LogP contribution in [0.3, 0.4) is 0 Å². The fourth-order valence-electron chi connectivity index (χ4n) is 2.43. The molecule has 0 aliphatic heterocycles. The van der Waals surface area contributed by atoms with Gasteiger partial charge in [0.2, 0.25) is 11.7 Å². The van der Waals surface area contributed by atoms with E-state index >= 15 is 0 Å². The summed E-state index contributed by atoms with van der Waals surface area (Å²) >= 11 is 5.88. The summed E-state index contributed by atoms with van der Waals surface area (Å²) in [6, 6.07) is 17.0. The summed E-state index contributed by atoms with van der Waals surface area (Å²) in [7, 11) is 1.77. The first-order valence-corrected chi connectivity index (χ1v) is 8.27. The van der Waals surface area contributed by atoms with Gasteiger partial charge in [-0.1, -0.05) is 41.9 Å². The van der Waals surface area contributed by atoms with Crippen molar-refractivity contribution in [3.05, 3.63) is 65.2 Å². The molecule has 0 spiro atoms. The van der Waals surface area contributed by atoms with Gasteiger partial charge in [-0.15, -0.1) is 10.2 Å². The lowest BCUT2D eigenvalue weighted by Crippen LogP contribution is -2.33. The quantitative estimate of drug-likeness (QED) is 0.705. The van der Waals surface area contributed by atoms with E-state index in [1.807, 2.05) is 49.4 Å². The van der Waals surface area contributed by atoms with Crippen LogP contribution in [0.15, 0.2) is 54.6 Å². The molecular weight excluding hydrogens is 338 g/mol. The Bertz CT molecular complexity index is 847. The molecule has 1 heterocycles. The number of tetrazole rings is 1. The van der Waals surface area contributed by atoms with E-state index in [0.29, 0.717) is 10.8 Å². The Kier molecular flexibility index (Phi) is 5.09. The van der Waals surface area contributed by atoms with Gasteiger partial charge in [-0.2, -0.15) is 4.80 Å². The minimum atomic E-state index is -0.0867. The Morgan fingerprint density at radius 2 is 1.84 bits per heavy atom. The molecule has 0 unspecified atom stereocenters. The molecule has 3 rings (SSSR count). The van der Waals surface area contributed by atoms with Crippen molar-refractivity contribution in [1.82, 2.24) is 25.1 Å². The molecule has 0 aliphatic rings. The second-order valence-corrected chi connectivity index (χ2v) is 6.18. The maximum atomic E-state index is 12.5. The Labute approximate surface area is 151 Å². The van der Waals surface area contributed by atoms with E-state index in [1.54, 1.807) is 24.1 Å². The van der Waals surface area contributed by atoms with Crippen molar-refractivity contribution >= 4 is 17.5 Å². The predicted octanol–water partition coefficient (Wildman–Crippen LogP) is 3.21. The number of amides is 1. The number of likely N-dealkylation sites (N-methyl/N-ethyl adjacent to an activating group) is 1. The standard InChI is InChI=1S/C18H18ClN5O/c1-13(14-6-4-3-5-7-14)23(2)17(25)12-24-21-18(20-22-24)15-8-10-16(19)11-9-15/h3-11,13H,12H2,1-2H3/t13-/m1/s1. The maximum absolute atomic E-state index is 12.5. The van der Waals surface area contributed by atoms with Crippen molar-refractivity contribution in [2.75, 3.05) is 7.05 Å². The van der Waals surface area contributed by atoms with Crippen LogP contribution in [-0.2, 0) is 11.3 Å². The molecule has 6 nitrogen and oxygen atoms in total. The SMILES string of the molecule is C[C@H](c1ccccc1)N(C)C(=O)Cn1nnc(-c2ccc(Cl)cc2)n1. The summed E-state index contributed by atoms with van der Waals surface area (Å²) < 4.78 is 0. The third kappa shape index (κ3) is 4.03. The summed E-state index contributed by atoms with van der Waals surface area (Å²) in [5, 5.41) is 12.9. The number of hydrogen-bond acceptors (Lipinski definition) is 4. The predicted molar refractivity (Wildman–Crippen MR) is 95.9 cm³/mol. The van der Waals surface area contributed by atoms with Gasteiger partial charge in [0.15, 0.2) is 0 Å². The Morgan fingerprint density at radius 1 is 1.16 bits per heavy atom. The highest BCUT2D eigenvalue weighted by Crippen LogP contribution is 2.19. The monoisotopic (exact) mass is 355 g/mol. The summed E-state index contributed by atoms with van der Waals surface area (Å²) in [6.45, 7) is 2.02. The van der Waals surface area contributed by atoms with Gasteiger partial charge >= 0.3 is 0 Å². The van der Waals surface area contributed by atoms with Crippen LogP contribution in [-0.4, -0.2) is 38.1 Å². The zero-order valence-electron chi connectivity index (χ0n) is 14.0. The van der Waals surface area contributed by atoms with Gasteiger partial charge in [-0.3, -0.25) is 4.79 Å². The average molecular weight is 356 g/mol. The zero-order chi connectivity index (χ0) is 17.8. The highest BCUT2D eigenvalue weighted by Gasteiger charge is 2.18. The van der Waals surface area contributed by atoms with Gasteiger partial charge in [0.25, 0.3) is 0 Å². The van der Waals surface area contributed by atoms with Crippen LogP contribution in [0.1, 0.15) is 18.5 Å². The molecule has 0 saturated heterocycles. The van der Waals surface area contributed by atoms with Crippen LogP contribution in [0.5, 0.6) is 0 Å². The van der Waals surface area contributed by atoms with E-state index in [9.17, 15) is 4.79 Å². The summed E-state index contributed by atoms with van der Waals surface area (Å²) in [6.07, 6.45) is 0. The molecule has 0 bridgehead atoms. The molecule has 0 N–H and O–H groups in total. The van der Waals surface area contributed by atoms with Gasteiger partial charge in [0.1, 0.15) is 6.54 Å². The zero-order valence-corrected chi connectivity index (χ0v) is 14.8. The van der Waals surface area contributed by atoms with Crippen molar-refractivity contribution in [2.45, 2.75) is 19.5 Å². The molecule has 1 amide bonds. The van der Waals surface area contributed by atoms with E-state index in [2.05, 4.69) is 15.4 Å². The first-order chi connectivity index (χ1) is 12.0. The third-order valence-corrected chi connectivity index (χ3v) is 4.34. The van der Waals surface area contributed by atoms with Crippen LogP contribution in [0.4, 0.5) is 0 Å². The fourth-order valence-corrected chi connectivity index (χ4v) is 2.55. The normalized spacial score (nSPS) is 12.0. The summed E-state index contributed by atoms with van der Waals surface area (Å²) in [5.74, 6) is 0.375. The smallest absolute Gasteiger partial charge is 0.246 e. The lowest BCUT2D eigenvalue weighted by atomic mass is 10.1. The highest BCUT2D eigenvalue weighted by atomic mass is 35.5. The minimum Gasteiger partial charge on any atom is -0.337 e. The van der Waals surface area contributed by atoms with Gasteiger partial charge in [-0.25, -0.2) is 0 Å². The summed E-state index contributed by atoms with van der Waals surface area (Å²) in [5.41, 5.74) is 1.88. The second-order valence-electron chi connectivity index (χ2n) is 5.74. The van der Waals surface area contributed by atoms with Crippen LogP contribution in [0, 0.1) is 0 Å². The van der Waals surface area contributed by atoms with Crippen LogP contribution in [0.2, 0.25) is 5.02 Å². The largest absolute Gasteiger partial charge is 0.337 e. The number of halogens is 1. The third-order valence-electron chi connectivity index (χ3n) is 4.09. The van der Waals surface area contributed by atoms with E-state index in [4.69, 9.17) is 11.6 Å². The molecule has 1 aromatic heterocycles. The van der Waals surface area contributed by atoms with Gasteiger partial charge in [0, 0.05) is 17.6 Å². The highest BCUT2D eigenvalue weighted by molar-refractivity contribution is 6.30. The number of carbonyl (C=O) groups excluding carboxylic acids is 1. The second kappa shape index (κ2) is 7.44. The summed E-state index contributed by atoms with van der Waals surface area (Å²) in [4.78, 5) is 15.5. The number of nitrogens with zero attached hydrogens (tertiary/aromatic N) is 5. The fraction of sp³-hybridized carbons (Fsp3) is 0.222. The molecule has 0 radical (unpaired) electrons. The number of aromatic nitrogens is 4. The molecule has 0 fully saturated rings. The molecule has 2 aromatic carbocycles. The Morgan fingerprint density at radius 3 is 2.52 bits per heavy atom. The van der Waals surface area contributed by atoms with Crippen molar-refractivity contribution in [2.24, 2.45) is 0 Å². The maximum Gasteiger partial charge on any atom is 0.246 e. The van der Waals surface area contributed by atoms with Gasteiger partial charge < -0.3 is 4.90 Å². The number of benzene rings is 2. The first kappa shape index (κ1) is 17.1. The number of rotatable bonds is 5. The van der Waals surface area contributed by atoms with E-state index < -0.39 is 0 Å².